The van der Waals surface area contributed by atoms with E-state index in [4.69, 9.17) is 51.1 Å². The highest BCUT2D eigenvalue weighted by Gasteiger charge is 2.15. The van der Waals surface area contributed by atoms with E-state index in [1.54, 1.807) is 0 Å². The minimum Gasteiger partial charge on any atom is -0.506 e. The second-order valence-electron chi connectivity index (χ2n) is 3.52. The highest BCUT2D eigenvalue weighted by molar-refractivity contribution is 6.44. The zero-order chi connectivity index (χ0) is 14.2. The number of ether oxygens (including phenoxy) is 1. The molecular formula is C12H6Cl4O3. The van der Waals surface area contributed by atoms with Crippen LogP contribution in [-0.2, 0) is 0 Å². The van der Waals surface area contributed by atoms with Crippen LogP contribution in [0.25, 0.3) is 0 Å². The van der Waals surface area contributed by atoms with E-state index < -0.39 is 0 Å². The summed E-state index contributed by atoms with van der Waals surface area (Å²) < 4.78 is 5.46. The van der Waals surface area contributed by atoms with Gasteiger partial charge in [0.25, 0.3) is 0 Å². The van der Waals surface area contributed by atoms with Crippen molar-refractivity contribution in [3.8, 4) is 23.0 Å². The molecule has 0 atom stereocenters. The van der Waals surface area contributed by atoms with Crippen molar-refractivity contribution in [1.29, 1.82) is 0 Å². The highest BCUT2D eigenvalue weighted by Crippen LogP contribution is 2.44. The molecule has 0 aromatic heterocycles. The van der Waals surface area contributed by atoms with E-state index in [0.717, 1.165) is 0 Å². The van der Waals surface area contributed by atoms with Crippen LogP contribution in [0.15, 0.2) is 24.3 Å². The predicted molar refractivity (Wildman–Crippen MR) is 76.3 cm³/mol. The normalized spacial score (nSPS) is 10.5. The SMILES string of the molecule is Oc1ccc(Oc2ccc(O)c(Cl)c2Cl)c(Cl)c1Cl. The Morgan fingerprint density at radius 2 is 1.00 bits per heavy atom. The van der Waals surface area contributed by atoms with E-state index in [2.05, 4.69) is 0 Å². The Labute approximate surface area is 128 Å². The van der Waals surface area contributed by atoms with Crippen molar-refractivity contribution in [2.75, 3.05) is 0 Å². The zero-order valence-electron chi connectivity index (χ0n) is 9.12. The van der Waals surface area contributed by atoms with Gasteiger partial charge in [-0.15, -0.1) is 0 Å². The van der Waals surface area contributed by atoms with Gasteiger partial charge in [-0.3, -0.25) is 0 Å². The Bertz CT molecular complexity index is 588. The number of phenolic OH excluding ortho intramolecular Hbond substituents is 2. The van der Waals surface area contributed by atoms with Crippen LogP contribution in [-0.4, -0.2) is 10.2 Å². The van der Waals surface area contributed by atoms with E-state index in [1.807, 2.05) is 0 Å². The quantitative estimate of drug-likeness (QED) is 0.759. The Hall–Kier alpha value is -1.000. The molecule has 0 saturated carbocycles. The van der Waals surface area contributed by atoms with Crippen LogP contribution in [0, 0.1) is 0 Å². The van der Waals surface area contributed by atoms with Gasteiger partial charge in [0.1, 0.15) is 43.1 Å². The van der Waals surface area contributed by atoms with E-state index in [-0.39, 0.29) is 43.1 Å². The highest BCUT2D eigenvalue weighted by atomic mass is 35.5. The van der Waals surface area contributed by atoms with Crippen LogP contribution < -0.4 is 4.74 Å². The zero-order valence-corrected chi connectivity index (χ0v) is 12.1. The first-order valence-electron chi connectivity index (χ1n) is 4.93. The van der Waals surface area contributed by atoms with Gasteiger partial charge in [0.2, 0.25) is 0 Å². The molecule has 0 radical (unpaired) electrons. The van der Waals surface area contributed by atoms with Gasteiger partial charge in [0.15, 0.2) is 0 Å². The van der Waals surface area contributed by atoms with Crippen LogP contribution in [0.5, 0.6) is 23.0 Å². The lowest BCUT2D eigenvalue weighted by Gasteiger charge is -2.11. The fraction of sp³-hybridized carbons (Fsp3) is 0. The molecular weight excluding hydrogens is 334 g/mol. The molecule has 100 valence electrons. The summed E-state index contributed by atoms with van der Waals surface area (Å²) in [7, 11) is 0. The summed E-state index contributed by atoms with van der Waals surface area (Å²) in [6, 6.07) is 5.53. The summed E-state index contributed by atoms with van der Waals surface area (Å²) in [5, 5.41) is 18.8. The molecule has 2 aromatic carbocycles. The lowest BCUT2D eigenvalue weighted by molar-refractivity contribution is 0.460. The minimum absolute atomic E-state index is 0.0276. The molecule has 0 spiro atoms. The second-order valence-corrected chi connectivity index (χ2v) is 5.04. The van der Waals surface area contributed by atoms with Gasteiger partial charge < -0.3 is 14.9 Å². The van der Waals surface area contributed by atoms with Gasteiger partial charge in [-0.25, -0.2) is 0 Å². The van der Waals surface area contributed by atoms with E-state index >= 15 is 0 Å². The van der Waals surface area contributed by atoms with Crippen LogP contribution >= 0.6 is 46.4 Å². The van der Waals surface area contributed by atoms with Gasteiger partial charge in [-0.1, -0.05) is 46.4 Å². The van der Waals surface area contributed by atoms with Crippen molar-refractivity contribution in [2.24, 2.45) is 0 Å². The third kappa shape index (κ3) is 2.79. The lowest BCUT2D eigenvalue weighted by atomic mass is 10.3. The molecule has 0 amide bonds. The van der Waals surface area contributed by atoms with Crippen molar-refractivity contribution in [3.63, 3.8) is 0 Å². The summed E-state index contributed by atoms with van der Waals surface area (Å²) in [5.41, 5.74) is 0. The lowest BCUT2D eigenvalue weighted by Crippen LogP contribution is -1.88. The fourth-order valence-corrected chi connectivity index (χ4v) is 2.03. The number of phenols is 2. The maximum Gasteiger partial charge on any atom is 0.147 e. The first-order valence-corrected chi connectivity index (χ1v) is 6.44. The molecule has 0 heterocycles. The summed E-state index contributed by atoms with van der Waals surface area (Å²) in [6.45, 7) is 0. The van der Waals surface area contributed by atoms with Crippen LogP contribution in [0.2, 0.25) is 20.1 Å². The molecule has 2 rings (SSSR count). The number of hydrogen-bond acceptors (Lipinski definition) is 3. The van der Waals surface area contributed by atoms with Crippen LogP contribution in [0.4, 0.5) is 0 Å². The van der Waals surface area contributed by atoms with E-state index in [9.17, 15) is 10.2 Å². The predicted octanol–water partition coefficient (Wildman–Crippen LogP) is 5.50. The standard InChI is InChI=1S/C12H6Cl4O3/c13-9-5(17)1-3-7(11(9)15)19-8-4-2-6(18)10(14)12(8)16/h1-4,17-18H. The van der Waals surface area contributed by atoms with E-state index in [0.29, 0.717) is 0 Å². The van der Waals surface area contributed by atoms with Gasteiger partial charge in [-0.2, -0.15) is 0 Å². The maximum atomic E-state index is 9.37. The van der Waals surface area contributed by atoms with Crippen molar-refractivity contribution in [2.45, 2.75) is 0 Å². The molecule has 2 N–H and O–H groups in total. The molecule has 0 saturated heterocycles. The van der Waals surface area contributed by atoms with Crippen molar-refractivity contribution in [1.82, 2.24) is 0 Å². The first kappa shape index (κ1) is 14.4. The first-order chi connectivity index (χ1) is 8.91. The van der Waals surface area contributed by atoms with Crippen LogP contribution in [0.3, 0.4) is 0 Å². The van der Waals surface area contributed by atoms with Gasteiger partial charge >= 0.3 is 0 Å². The minimum atomic E-state index is -0.158. The largest absolute Gasteiger partial charge is 0.506 e. The summed E-state index contributed by atoms with van der Waals surface area (Å²) >= 11 is 23.4. The summed E-state index contributed by atoms with van der Waals surface area (Å²) in [5.74, 6) is 0.0870. The average molecular weight is 340 g/mol. The Balaban J connectivity index is 2.43. The third-order valence-corrected chi connectivity index (χ3v) is 3.98. The molecule has 0 unspecified atom stereocenters. The molecule has 0 bridgehead atoms. The number of aromatic hydroxyl groups is 2. The second kappa shape index (κ2) is 5.55. The maximum absolute atomic E-state index is 9.37. The molecule has 0 aliphatic rings. The monoisotopic (exact) mass is 338 g/mol. The molecule has 3 nitrogen and oxygen atoms in total. The van der Waals surface area contributed by atoms with Crippen molar-refractivity contribution >= 4 is 46.4 Å². The smallest absolute Gasteiger partial charge is 0.147 e. The summed E-state index contributed by atoms with van der Waals surface area (Å²) in [6.07, 6.45) is 0. The molecule has 0 aliphatic heterocycles. The Morgan fingerprint density at radius 1 is 0.632 bits per heavy atom. The molecule has 19 heavy (non-hydrogen) atoms. The molecule has 2 aromatic rings. The fourth-order valence-electron chi connectivity index (χ4n) is 1.32. The third-order valence-electron chi connectivity index (χ3n) is 2.27. The van der Waals surface area contributed by atoms with Gasteiger partial charge in [0, 0.05) is 0 Å². The number of benzene rings is 2. The van der Waals surface area contributed by atoms with Crippen LogP contribution in [0.1, 0.15) is 0 Å². The van der Waals surface area contributed by atoms with Crippen molar-refractivity contribution in [3.05, 3.63) is 44.4 Å². The van der Waals surface area contributed by atoms with E-state index in [1.165, 1.54) is 24.3 Å². The van der Waals surface area contributed by atoms with Gasteiger partial charge in [-0.05, 0) is 24.3 Å². The Kier molecular flexibility index (Phi) is 4.21. The topological polar surface area (TPSA) is 49.7 Å². The number of rotatable bonds is 2. The molecule has 7 heteroatoms. The average Bonchev–Trinajstić information content (AvgIpc) is 2.39. The van der Waals surface area contributed by atoms with Gasteiger partial charge in [0.05, 0.1) is 0 Å². The molecule has 0 aliphatic carbocycles. The Morgan fingerprint density at radius 3 is 1.37 bits per heavy atom. The number of hydrogen-bond donors (Lipinski definition) is 2. The number of halogens is 4. The van der Waals surface area contributed by atoms with Crippen molar-refractivity contribution < 1.29 is 14.9 Å². The molecule has 0 fully saturated rings. The summed E-state index contributed by atoms with van der Waals surface area (Å²) in [4.78, 5) is 0.